The summed E-state index contributed by atoms with van der Waals surface area (Å²) in [5.41, 5.74) is 4.88. The standard InChI is InChI=1S/C16H20N2O2/c19-16(18-20-13-5-1-2-6-13)10-9-12-11-17-15-8-4-3-7-14(12)15/h3-4,7-8,11,13,17H,1-2,5-6,9-10H2,(H,18,19). The van der Waals surface area contributed by atoms with Crippen LogP contribution in [0.4, 0.5) is 0 Å². The minimum absolute atomic E-state index is 0.0396. The SMILES string of the molecule is O=C(CCc1c[nH]c2ccccc12)NOC1CCCC1. The second kappa shape index (κ2) is 6.09. The first-order valence-corrected chi connectivity index (χ1v) is 7.32. The lowest BCUT2D eigenvalue weighted by Crippen LogP contribution is -2.28. The molecule has 1 heterocycles. The highest BCUT2D eigenvalue weighted by Gasteiger charge is 2.16. The van der Waals surface area contributed by atoms with Crippen molar-refractivity contribution in [1.29, 1.82) is 0 Å². The molecule has 3 rings (SSSR count). The molecule has 1 aromatic heterocycles. The van der Waals surface area contributed by atoms with Gasteiger partial charge in [0.15, 0.2) is 0 Å². The van der Waals surface area contributed by atoms with Crippen LogP contribution in [0, 0.1) is 0 Å². The molecular formula is C16H20N2O2. The van der Waals surface area contributed by atoms with E-state index in [0.29, 0.717) is 6.42 Å². The number of amides is 1. The fourth-order valence-corrected chi connectivity index (χ4v) is 2.79. The number of hydrogen-bond acceptors (Lipinski definition) is 2. The fourth-order valence-electron chi connectivity index (χ4n) is 2.79. The van der Waals surface area contributed by atoms with Crippen LogP contribution >= 0.6 is 0 Å². The molecule has 0 saturated heterocycles. The Kier molecular flexibility index (Phi) is 4.02. The van der Waals surface area contributed by atoms with Crippen LogP contribution < -0.4 is 5.48 Å². The molecule has 0 unspecified atom stereocenters. The molecule has 4 heteroatoms. The largest absolute Gasteiger partial charge is 0.361 e. The normalized spacial score (nSPS) is 15.8. The number of aromatic nitrogens is 1. The van der Waals surface area contributed by atoms with Crippen molar-refractivity contribution >= 4 is 16.8 Å². The number of carbonyl (C=O) groups excluding carboxylic acids is 1. The van der Waals surface area contributed by atoms with Crippen molar-refractivity contribution in [3.63, 3.8) is 0 Å². The van der Waals surface area contributed by atoms with Crippen molar-refractivity contribution in [2.45, 2.75) is 44.6 Å². The lowest BCUT2D eigenvalue weighted by molar-refractivity contribution is -0.138. The van der Waals surface area contributed by atoms with E-state index in [4.69, 9.17) is 4.84 Å². The van der Waals surface area contributed by atoms with Crippen molar-refractivity contribution in [2.24, 2.45) is 0 Å². The van der Waals surface area contributed by atoms with Gasteiger partial charge in [-0.05, 0) is 30.9 Å². The Labute approximate surface area is 118 Å². The van der Waals surface area contributed by atoms with Gasteiger partial charge in [0.25, 0.3) is 0 Å². The average Bonchev–Trinajstić information content (AvgIpc) is 3.12. The zero-order valence-corrected chi connectivity index (χ0v) is 11.5. The molecule has 1 fully saturated rings. The highest BCUT2D eigenvalue weighted by molar-refractivity contribution is 5.84. The van der Waals surface area contributed by atoms with E-state index in [0.717, 1.165) is 24.8 Å². The molecule has 2 N–H and O–H groups in total. The zero-order chi connectivity index (χ0) is 13.8. The van der Waals surface area contributed by atoms with Crippen molar-refractivity contribution in [3.8, 4) is 0 Å². The van der Waals surface area contributed by atoms with Crippen molar-refractivity contribution in [3.05, 3.63) is 36.0 Å². The second-order valence-electron chi connectivity index (χ2n) is 5.41. The molecule has 2 aromatic rings. The molecule has 0 atom stereocenters. The summed E-state index contributed by atoms with van der Waals surface area (Å²) in [5, 5.41) is 1.19. The van der Waals surface area contributed by atoms with Crippen LogP contribution in [-0.2, 0) is 16.1 Å². The van der Waals surface area contributed by atoms with E-state index in [1.807, 2.05) is 24.4 Å². The molecule has 0 aliphatic heterocycles. The second-order valence-corrected chi connectivity index (χ2v) is 5.41. The molecule has 1 aliphatic rings. The van der Waals surface area contributed by atoms with Gasteiger partial charge in [0.05, 0.1) is 6.10 Å². The first kappa shape index (κ1) is 13.2. The lowest BCUT2D eigenvalue weighted by Gasteiger charge is -2.11. The highest BCUT2D eigenvalue weighted by Crippen LogP contribution is 2.20. The Bertz CT molecular complexity index is 585. The quantitative estimate of drug-likeness (QED) is 0.822. The predicted octanol–water partition coefficient (Wildman–Crippen LogP) is 3.09. The number of aromatic amines is 1. The first-order valence-electron chi connectivity index (χ1n) is 7.32. The molecule has 20 heavy (non-hydrogen) atoms. The van der Waals surface area contributed by atoms with Gasteiger partial charge in [0, 0.05) is 23.5 Å². The molecular weight excluding hydrogens is 252 g/mol. The topological polar surface area (TPSA) is 54.1 Å². The van der Waals surface area contributed by atoms with E-state index in [2.05, 4.69) is 16.5 Å². The summed E-state index contributed by atoms with van der Waals surface area (Å²) < 4.78 is 0. The number of H-pyrrole nitrogens is 1. The molecule has 1 amide bonds. The van der Waals surface area contributed by atoms with E-state index in [-0.39, 0.29) is 12.0 Å². The monoisotopic (exact) mass is 272 g/mol. The number of aryl methyl sites for hydroxylation is 1. The predicted molar refractivity (Wildman–Crippen MR) is 78.1 cm³/mol. The summed E-state index contributed by atoms with van der Waals surface area (Å²) in [6.07, 6.45) is 7.90. The van der Waals surface area contributed by atoms with Gasteiger partial charge in [-0.2, -0.15) is 0 Å². The summed E-state index contributed by atoms with van der Waals surface area (Å²) in [7, 11) is 0. The molecule has 1 saturated carbocycles. The van der Waals surface area contributed by atoms with Crippen molar-refractivity contribution in [1.82, 2.24) is 10.5 Å². The Balaban J connectivity index is 1.49. The van der Waals surface area contributed by atoms with E-state index in [1.165, 1.54) is 23.8 Å². The third kappa shape index (κ3) is 3.02. The smallest absolute Gasteiger partial charge is 0.243 e. The zero-order valence-electron chi connectivity index (χ0n) is 11.5. The van der Waals surface area contributed by atoms with Crippen molar-refractivity contribution in [2.75, 3.05) is 0 Å². The summed E-state index contributed by atoms with van der Waals surface area (Å²) in [5.74, 6) is -0.0396. The Morgan fingerprint density at radius 3 is 2.95 bits per heavy atom. The average molecular weight is 272 g/mol. The van der Waals surface area contributed by atoms with Crippen LogP contribution in [0.15, 0.2) is 30.5 Å². The Hall–Kier alpha value is -1.81. The van der Waals surface area contributed by atoms with Gasteiger partial charge in [-0.3, -0.25) is 9.63 Å². The van der Waals surface area contributed by atoms with E-state index in [9.17, 15) is 4.79 Å². The van der Waals surface area contributed by atoms with Gasteiger partial charge in [-0.25, -0.2) is 5.48 Å². The lowest BCUT2D eigenvalue weighted by atomic mass is 10.1. The number of nitrogens with one attached hydrogen (secondary N) is 2. The Morgan fingerprint density at radius 1 is 1.30 bits per heavy atom. The van der Waals surface area contributed by atoms with Crippen molar-refractivity contribution < 1.29 is 9.63 Å². The minimum atomic E-state index is -0.0396. The number of carbonyl (C=O) groups is 1. The number of benzene rings is 1. The summed E-state index contributed by atoms with van der Waals surface area (Å²) in [4.78, 5) is 20.4. The Morgan fingerprint density at radius 2 is 2.10 bits per heavy atom. The molecule has 0 bridgehead atoms. The van der Waals surface area contributed by atoms with Crippen LogP contribution in [0.25, 0.3) is 10.9 Å². The number of fused-ring (bicyclic) bond motifs is 1. The van der Waals surface area contributed by atoms with Crippen LogP contribution in [0.1, 0.15) is 37.7 Å². The van der Waals surface area contributed by atoms with Crippen LogP contribution in [0.5, 0.6) is 0 Å². The maximum absolute atomic E-state index is 11.8. The minimum Gasteiger partial charge on any atom is -0.361 e. The fraction of sp³-hybridized carbons (Fsp3) is 0.438. The van der Waals surface area contributed by atoms with E-state index < -0.39 is 0 Å². The summed E-state index contributed by atoms with van der Waals surface area (Å²) >= 11 is 0. The van der Waals surface area contributed by atoms with Gasteiger partial charge in [-0.1, -0.05) is 31.0 Å². The molecule has 1 aliphatic carbocycles. The maximum Gasteiger partial charge on any atom is 0.243 e. The molecule has 0 radical (unpaired) electrons. The molecule has 106 valence electrons. The molecule has 4 nitrogen and oxygen atoms in total. The molecule has 0 spiro atoms. The summed E-state index contributed by atoms with van der Waals surface area (Å²) in [6, 6.07) is 8.14. The number of hydrogen-bond donors (Lipinski definition) is 2. The summed E-state index contributed by atoms with van der Waals surface area (Å²) in [6.45, 7) is 0. The molecule has 1 aromatic carbocycles. The highest BCUT2D eigenvalue weighted by atomic mass is 16.7. The van der Waals surface area contributed by atoms with E-state index in [1.54, 1.807) is 0 Å². The number of hydroxylamine groups is 1. The van der Waals surface area contributed by atoms with Gasteiger partial charge in [0.1, 0.15) is 0 Å². The van der Waals surface area contributed by atoms with Gasteiger partial charge in [0.2, 0.25) is 5.91 Å². The number of para-hydroxylation sites is 1. The maximum atomic E-state index is 11.8. The number of rotatable bonds is 5. The van der Waals surface area contributed by atoms with Gasteiger partial charge in [-0.15, -0.1) is 0 Å². The first-order chi connectivity index (χ1) is 9.83. The third-order valence-corrected chi connectivity index (χ3v) is 3.94. The van der Waals surface area contributed by atoms with E-state index >= 15 is 0 Å². The van der Waals surface area contributed by atoms with Crippen LogP contribution in [-0.4, -0.2) is 17.0 Å². The third-order valence-electron chi connectivity index (χ3n) is 3.94. The van der Waals surface area contributed by atoms with Crippen LogP contribution in [0.3, 0.4) is 0 Å². The van der Waals surface area contributed by atoms with Crippen LogP contribution in [0.2, 0.25) is 0 Å². The van der Waals surface area contributed by atoms with Gasteiger partial charge >= 0.3 is 0 Å². The van der Waals surface area contributed by atoms with Gasteiger partial charge < -0.3 is 4.98 Å².